The fourth-order valence-electron chi connectivity index (χ4n) is 1.53. The van der Waals surface area contributed by atoms with Gasteiger partial charge in [0.05, 0.1) is 5.02 Å². The van der Waals surface area contributed by atoms with E-state index < -0.39 is 5.82 Å². The molecule has 4 heteroatoms. The lowest BCUT2D eigenvalue weighted by Gasteiger charge is -2.17. The molecule has 0 heterocycles. The van der Waals surface area contributed by atoms with Gasteiger partial charge < -0.3 is 0 Å². The van der Waals surface area contributed by atoms with Crippen LogP contribution in [0.4, 0.5) is 4.39 Å². The average molecular weight is 231 g/mol. The molecule has 0 amide bonds. The van der Waals surface area contributed by atoms with E-state index in [0.29, 0.717) is 0 Å². The van der Waals surface area contributed by atoms with Gasteiger partial charge in [0.15, 0.2) is 0 Å². The summed E-state index contributed by atoms with van der Waals surface area (Å²) >= 11 is 5.88. The van der Waals surface area contributed by atoms with Crippen molar-refractivity contribution in [3.8, 4) is 0 Å². The van der Waals surface area contributed by atoms with E-state index in [-0.39, 0.29) is 11.1 Å². The van der Waals surface area contributed by atoms with Gasteiger partial charge in [-0.3, -0.25) is 11.3 Å². The number of nitrogens with two attached hydrogens (primary N) is 1. The van der Waals surface area contributed by atoms with E-state index in [0.717, 1.165) is 24.8 Å². The first-order chi connectivity index (χ1) is 7.20. The number of nitrogens with one attached hydrogen (secondary N) is 1. The standard InChI is InChI=1S/C11H16ClFN2/c1-2-3-7-10(15-14)8-5-4-6-9(13)11(8)12/h4-6,10,15H,2-3,7,14H2,1H3. The summed E-state index contributed by atoms with van der Waals surface area (Å²) < 4.78 is 13.2. The van der Waals surface area contributed by atoms with Gasteiger partial charge in [0, 0.05) is 6.04 Å². The highest BCUT2D eigenvalue weighted by Gasteiger charge is 2.14. The van der Waals surface area contributed by atoms with Gasteiger partial charge in [0.25, 0.3) is 0 Å². The van der Waals surface area contributed by atoms with Crippen molar-refractivity contribution < 1.29 is 4.39 Å². The second kappa shape index (κ2) is 6.05. The Balaban J connectivity index is 2.86. The van der Waals surface area contributed by atoms with Crippen LogP contribution in [-0.4, -0.2) is 0 Å². The highest BCUT2D eigenvalue weighted by Crippen LogP contribution is 2.28. The van der Waals surface area contributed by atoms with E-state index in [1.807, 2.05) is 0 Å². The molecule has 1 aromatic carbocycles. The Kier molecular flexibility index (Phi) is 5.02. The van der Waals surface area contributed by atoms with Gasteiger partial charge in [0.1, 0.15) is 5.82 Å². The Morgan fingerprint density at radius 2 is 2.27 bits per heavy atom. The minimum atomic E-state index is -0.397. The third-order valence-electron chi connectivity index (χ3n) is 2.40. The number of halogens is 2. The molecule has 1 unspecified atom stereocenters. The lowest BCUT2D eigenvalue weighted by atomic mass is 10.0. The van der Waals surface area contributed by atoms with Crippen LogP contribution in [0.5, 0.6) is 0 Å². The largest absolute Gasteiger partial charge is 0.271 e. The molecule has 0 bridgehead atoms. The van der Waals surface area contributed by atoms with E-state index in [1.54, 1.807) is 12.1 Å². The van der Waals surface area contributed by atoms with E-state index in [9.17, 15) is 4.39 Å². The summed E-state index contributed by atoms with van der Waals surface area (Å²) in [7, 11) is 0. The molecule has 0 radical (unpaired) electrons. The predicted octanol–water partition coefficient (Wildman–Crippen LogP) is 3.17. The van der Waals surface area contributed by atoms with Gasteiger partial charge in [0.2, 0.25) is 0 Å². The van der Waals surface area contributed by atoms with Crippen molar-refractivity contribution in [2.75, 3.05) is 0 Å². The Labute approximate surface area is 94.6 Å². The molecule has 1 aromatic rings. The Bertz CT molecular complexity index is 317. The Morgan fingerprint density at radius 1 is 1.53 bits per heavy atom. The molecule has 0 aliphatic rings. The maximum absolute atomic E-state index is 13.2. The zero-order valence-corrected chi connectivity index (χ0v) is 9.52. The molecule has 0 aliphatic heterocycles. The normalized spacial score (nSPS) is 12.8. The van der Waals surface area contributed by atoms with Gasteiger partial charge in [-0.15, -0.1) is 0 Å². The van der Waals surface area contributed by atoms with E-state index >= 15 is 0 Å². The molecule has 84 valence electrons. The first-order valence-corrected chi connectivity index (χ1v) is 5.48. The molecule has 0 fully saturated rings. The molecule has 2 nitrogen and oxygen atoms in total. The Morgan fingerprint density at radius 3 is 2.87 bits per heavy atom. The van der Waals surface area contributed by atoms with E-state index in [4.69, 9.17) is 17.4 Å². The van der Waals surface area contributed by atoms with Crippen LogP contribution in [0, 0.1) is 5.82 Å². The lowest BCUT2D eigenvalue weighted by Crippen LogP contribution is -2.28. The minimum Gasteiger partial charge on any atom is -0.271 e. The topological polar surface area (TPSA) is 38.0 Å². The van der Waals surface area contributed by atoms with Crippen molar-refractivity contribution in [2.45, 2.75) is 32.2 Å². The molecule has 15 heavy (non-hydrogen) atoms. The van der Waals surface area contributed by atoms with Gasteiger partial charge in [-0.05, 0) is 18.1 Å². The summed E-state index contributed by atoms with van der Waals surface area (Å²) in [5, 5.41) is 0.163. The third-order valence-corrected chi connectivity index (χ3v) is 2.80. The van der Waals surface area contributed by atoms with Crippen LogP contribution in [0.3, 0.4) is 0 Å². The summed E-state index contributed by atoms with van der Waals surface area (Å²) in [5.41, 5.74) is 3.40. The first-order valence-electron chi connectivity index (χ1n) is 5.10. The minimum absolute atomic E-state index is 0.0758. The van der Waals surface area contributed by atoms with Gasteiger partial charge >= 0.3 is 0 Å². The smallest absolute Gasteiger partial charge is 0.142 e. The lowest BCUT2D eigenvalue weighted by molar-refractivity contribution is 0.492. The number of rotatable bonds is 5. The summed E-state index contributed by atoms with van der Waals surface area (Å²) in [6.07, 6.45) is 2.96. The van der Waals surface area contributed by atoms with Crippen LogP contribution >= 0.6 is 11.6 Å². The Hall–Kier alpha value is -0.640. The highest BCUT2D eigenvalue weighted by molar-refractivity contribution is 6.31. The van der Waals surface area contributed by atoms with Gasteiger partial charge in [-0.25, -0.2) is 4.39 Å². The van der Waals surface area contributed by atoms with Gasteiger partial charge in [-0.1, -0.05) is 43.5 Å². The van der Waals surface area contributed by atoms with Gasteiger partial charge in [-0.2, -0.15) is 0 Å². The summed E-state index contributed by atoms with van der Waals surface area (Å²) in [5.74, 6) is 5.04. The molecule has 0 spiro atoms. The third kappa shape index (κ3) is 3.16. The van der Waals surface area contributed by atoms with E-state index in [2.05, 4.69) is 12.3 Å². The zero-order valence-electron chi connectivity index (χ0n) is 8.76. The summed E-state index contributed by atoms with van der Waals surface area (Å²) in [6, 6.07) is 4.71. The summed E-state index contributed by atoms with van der Waals surface area (Å²) in [6.45, 7) is 2.10. The average Bonchev–Trinajstić information content (AvgIpc) is 2.25. The quantitative estimate of drug-likeness (QED) is 0.602. The van der Waals surface area contributed by atoms with Crippen LogP contribution in [0.2, 0.25) is 5.02 Å². The monoisotopic (exact) mass is 230 g/mol. The van der Waals surface area contributed by atoms with E-state index in [1.165, 1.54) is 6.07 Å². The van der Waals surface area contributed by atoms with Crippen LogP contribution in [-0.2, 0) is 0 Å². The fourth-order valence-corrected chi connectivity index (χ4v) is 1.78. The molecule has 0 aliphatic carbocycles. The highest BCUT2D eigenvalue weighted by atomic mass is 35.5. The second-order valence-electron chi connectivity index (χ2n) is 3.50. The molecule has 1 atom stereocenters. The number of benzene rings is 1. The number of hydrazine groups is 1. The van der Waals surface area contributed by atoms with Crippen molar-refractivity contribution in [3.05, 3.63) is 34.6 Å². The molecular weight excluding hydrogens is 215 g/mol. The van der Waals surface area contributed by atoms with Crippen molar-refractivity contribution in [3.63, 3.8) is 0 Å². The zero-order chi connectivity index (χ0) is 11.3. The molecular formula is C11H16ClFN2. The molecule has 0 aromatic heterocycles. The molecule has 0 saturated carbocycles. The van der Waals surface area contributed by atoms with Crippen molar-refractivity contribution in [1.82, 2.24) is 5.43 Å². The SMILES string of the molecule is CCCCC(NN)c1cccc(F)c1Cl. The number of hydrogen-bond donors (Lipinski definition) is 2. The van der Waals surface area contributed by atoms with Crippen LogP contribution in [0.15, 0.2) is 18.2 Å². The van der Waals surface area contributed by atoms with Crippen LogP contribution < -0.4 is 11.3 Å². The molecule has 0 saturated heterocycles. The fraction of sp³-hybridized carbons (Fsp3) is 0.455. The van der Waals surface area contributed by atoms with Crippen LogP contribution in [0.25, 0.3) is 0 Å². The first kappa shape index (κ1) is 12.4. The van der Waals surface area contributed by atoms with Crippen LogP contribution in [0.1, 0.15) is 37.8 Å². The number of hydrogen-bond acceptors (Lipinski definition) is 2. The van der Waals surface area contributed by atoms with Crippen molar-refractivity contribution in [1.29, 1.82) is 0 Å². The predicted molar refractivity (Wildman–Crippen MR) is 61.0 cm³/mol. The van der Waals surface area contributed by atoms with Crippen molar-refractivity contribution in [2.24, 2.45) is 5.84 Å². The molecule has 1 rings (SSSR count). The summed E-state index contributed by atoms with van der Waals surface area (Å²) in [4.78, 5) is 0. The number of unbranched alkanes of at least 4 members (excludes halogenated alkanes) is 1. The maximum Gasteiger partial charge on any atom is 0.142 e. The molecule has 3 N–H and O–H groups in total. The van der Waals surface area contributed by atoms with Crippen molar-refractivity contribution >= 4 is 11.6 Å². The maximum atomic E-state index is 13.2. The second-order valence-corrected chi connectivity index (χ2v) is 3.88.